The van der Waals surface area contributed by atoms with Gasteiger partial charge >= 0.3 is 0 Å². The average molecular weight is 162 g/mol. The van der Waals surface area contributed by atoms with Gasteiger partial charge in [0.1, 0.15) is 0 Å². The quantitative estimate of drug-likeness (QED) is 0.517. The maximum absolute atomic E-state index is 4.20. The summed E-state index contributed by atoms with van der Waals surface area (Å²) in [6, 6.07) is 0. The van der Waals surface area contributed by atoms with Crippen LogP contribution in [-0.4, -0.2) is 0 Å². The first-order chi connectivity index (χ1) is 5.53. The van der Waals surface area contributed by atoms with Crippen molar-refractivity contribution in [2.45, 2.75) is 33.1 Å². The Kier molecular flexibility index (Phi) is 1.51. The molecule has 3 aliphatic carbocycles. The van der Waals surface area contributed by atoms with E-state index in [1.807, 2.05) is 0 Å². The van der Waals surface area contributed by atoms with Crippen molar-refractivity contribution in [3.05, 3.63) is 24.3 Å². The maximum atomic E-state index is 4.20. The Labute approximate surface area is 75.4 Å². The summed E-state index contributed by atoms with van der Waals surface area (Å²) in [5, 5.41) is 0. The van der Waals surface area contributed by atoms with Crippen molar-refractivity contribution in [1.82, 2.24) is 0 Å². The van der Waals surface area contributed by atoms with Crippen LogP contribution >= 0.6 is 0 Å². The molecule has 66 valence electrons. The summed E-state index contributed by atoms with van der Waals surface area (Å²) in [6.07, 6.45) is 3.93. The Morgan fingerprint density at radius 1 is 1.50 bits per heavy atom. The summed E-state index contributed by atoms with van der Waals surface area (Å²) in [4.78, 5) is 0. The van der Waals surface area contributed by atoms with Crippen LogP contribution in [0.15, 0.2) is 24.3 Å². The van der Waals surface area contributed by atoms with Crippen LogP contribution in [0.4, 0.5) is 0 Å². The molecule has 3 aliphatic rings. The summed E-state index contributed by atoms with van der Waals surface area (Å²) < 4.78 is 0. The van der Waals surface area contributed by atoms with Crippen molar-refractivity contribution < 1.29 is 0 Å². The highest BCUT2D eigenvalue weighted by Crippen LogP contribution is 2.61. The first-order valence-corrected chi connectivity index (χ1v) is 4.86. The Bertz CT molecular complexity index is 241. The molecule has 12 heavy (non-hydrogen) atoms. The molecule has 0 heteroatoms. The van der Waals surface area contributed by atoms with Gasteiger partial charge in [0.25, 0.3) is 0 Å². The van der Waals surface area contributed by atoms with Gasteiger partial charge in [0.05, 0.1) is 0 Å². The molecule has 0 N–H and O–H groups in total. The smallest absolute Gasteiger partial charge is 0.0113 e. The van der Waals surface area contributed by atoms with E-state index in [0.29, 0.717) is 5.41 Å². The minimum atomic E-state index is 0.511. The molecule has 0 aromatic heterocycles. The monoisotopic (exact) mass is 162 g/mol. The van der Waals surface area contributed by atoms with Crippen molar-refractivity contribution >= 4 is 0 Å². The normalized spacial score (nSPS) is 45.3. The number of hydrogen-bond acceptors (Lipinski definition) is 0. The van der Waals surface area contributed by atoms with E-state index in [4.69, 9.17) is 0 Å². The zero-order chi connectivity index (χ0) is 8.93. The van der Waals surface area contributed by atoms with Gasteiger partial charge in [-0.25, -0.2) is 0 Å². The van der Waals surface area contributed by atoms with E-state index >= 15 is 0 Å². The van der Waals surface area contributed by atoms with E-state index in [9.17, 15) is 0 Å². The highest BCUT2D eigenvalue weighted by Gasteiger charge is 2.50. The van der Waals surface area contributed by atoms with Crippen molar-refractivity contribution in [3.63, 3.8) is 0 Å². The molecule has 3 rings (SSSR count). The molecule has 1 atom stereocenters. The van der Waals surface area contributed by atoms with Crippen LogP contribution in [0.3, 0.4) is 0 Å². The van der Waals surface area contributed by atoms with Crippen LogP contribution in [0.1, 0.15) is 33.1 Å². The van der Waals surface area contributed by atoms with E-state index in [1.165, 1.54) is 30.4 Å². The zero-order valence-electron chi connectivity index (χ0n) is 8.19. The lowest BCUT2D eigenvalue weighted by molar-refractivity contribution is 0.0345. The number of allylic oxidation sites excluding steroid dienone is 2. The van der Waals surface area contributed by atoms with E-state index in [-0.39, 0.29) is 0 Å². The van der Waals surface area contributed by atoms with Crippen molar-refractivity contribution in [2.75, 3.05) is 0 Å². The Morgan fingerprint density at radius 2 is 2.08 bits per heavy atom. The van der Waals surface area contributed by atoms with Crippen LogP contribution in [0, 0.1) is 17.3 Å². The molecule has 0 aromatic rings. The van der Waals surface area contributed by atoms with E-state index in [1.54, 1.807) is 0 Å². The molecule has 0 amide bonds. The van der Waals surface area contributed by atoms with E-state index in [2.05, 4.69) is 27.0 Å². The van der Waals surface area contributed by atoms with Crippen molar-refractivity contribution in [3.8, 4) is 0 Å². The van der Waals surface area contributed by atoms with Gasteiger partial charge in [0.15, 0.2) is 0 Å². The number of hydrogen-bond donors (Lipinski definition) is 0. The number of fused-ring (bicyclic) bond motifs is 2. The van der Waals surface area contributed by atoms with Gasteiger partial charge in [-0.1, -0.05) is 31.2 Å². The predicted octanol–water partition coefficient (Wildman–Crippen LogP) is 3.55. The van der Waals surface area contributed by atoms with Crippen molar-refractivity contribution in [1.29, 1.82) is 0 Å². The first kappa shape index (κ1) is 8.10. The lowest BCUT2D eigenvalue weighted by Gasteiger charge is -2.56. The third-order valence-electron chi connectivity index (χ3n) is 3.95. The second-order valence-corrected chi connectivity index (χ2v) is 4.99. The third kappa shape index (κ3) is 0.903. The van der Waals surface area contributed by atoms with Crippen LogP contribution in [-0.2, 0) is 0 Å². The third-order valence-corrected chi connectivity index (χ3v) is 3.95. The summed E-state index contributed by atoms with van der Waals surface area (Å²) in [6.45, 7) is 12.8. The van der Waals surface area contributed by atoms with Gasteiger partial charge in [-0.15, -0.1) is 0 Å². The predicted molar refractivity (Wildman–Crippen MR) is 52.9 cm³/mol. The molecule has 3 fully saturated rings. The second-order valence-electron chi connectivity index (χ2n) is 4.99. The molecule has 0 aliphatic heterocycles. The summed E-state index contributed by atoms with van der Waals surface area (Å²) in [7, 11) is 0. The molecular weight excluding hydrogens is 144 g/mol. The average Bonchev–Trinajstić information content (AvgIpc) is 1.91. The SMILES string of the molecule is C=C(C)C1CC(=C)C2(C)CC1C2. The van der Waals surface area contributed by atoms with Gasteiger partial charge in [-0.05, 0) is 43.4 Å². The Balaban J connectivity index is 2.17. The van der Waals surface area contributed by atoms with Gasteiger partial charge in [0, 0.05) is 0 Å². The molecule has 0 spiro atoms. The van der Waals surface area contributed by atoms with E-state index in [0.717, 1.165) is 11.8 Å². The molecule has 0 radical (unpaired) electrons. The largest absolute Gasteiger partial charge is 0.0998 e. The maximum Gasteiger partial charge on any atom is -0.0113 e. The highest BCUT2D eigenvalue weighted by molar-refractivity contribution is 5.25. The molecule has 0 aromatic carbocycles. The standard InChI is InChI=1S/C12H18/c1-8(2)11-5-9(3)12(4)6-10(11)7-12/h10-11H,1,3,5-7H2,2,4H3. The Hall–Kier alpha value is -0.520. The van der Waals surface area contributed by atoms with Crippen LogP contribution in [0.5, 0.6) is 0 Å². The molecule has 0 nitrogen and oxygen atoms in total. The minimum absolute atomic E-state index is 0.511. The molecule has 3 saturated carbocycles. The fraction of sp³-hybridized carbons (Fsp3) is 0.667. The van der Waals surface area contributed by atoms with E-state index < -0.39 is 0 Å². The molecule has 0 saturated heterocycles. The Morgan fingerprint density at radius 3 is 2.50 bits per heavy atom. The van der Waals surface area contributed by atoms with Gasteiger partial charge in [0.2, 0.25) is 0 Å². The second kappa shape index (κ2) is 2.25. The van der Waals surface area contributed by atoms with Crippen LogP contribution in [0.2, 0.25) is 0 Å². The highest BCUT2D eigenvalue weighted by atomic mass is 14.5. The molecule has 2 bridgehead atoms. The van der Waals surface area contributed by atoms with Crippen LogP contribution in [0.25, 0.3) is 0 Å². The molecular formula is C12H18. The fourth-order valence-corrected chi connectivity index (χ4v) is 2.93. The van der Waals surface area contributed by atoms with Gasteiger partial charge < -0.3 is 0 Å². The van der Waals surface area contributed by atoms with Crippen LogP contribution < -0.4 is 0 Å². The summed E-state index contributed by atoms with van der Waals surface area (Å²) in [5.41, 5.74) is 3.34. The summed E-state index contributed by atoms with van der Waals surface area (Å²) in [5.74, 6) is 1.68. The molecule has 0 heterocycles. The number of rotatable bonds is 1. The first-order valence-electron chi connectivity index (χ1n) is 4.86. The van der Waals surface area contributed by atoms with Crippen molar-refractivity contribution in [2.24, 2.45) is 17.3 Å². The molecule has 1 unspecified atom stereocenters. The lowest BCUT2D eigenvalue weighted by Crippen LogP contribution is -2.45. The van der Waals surface area contributed by atoms with Gasteiger partial charge in [-0.2, -0.15) is 0 Å². The fourth-order valence-electron chi connectivity index (χ4n) is 2.93. The zero-order valence-corrected chi connectivity index (χ0v) is 8.19. The minimum Gasteiger partial charge on any atom is -0.0998 e. The summed E-state index contributed by atoms with van der Waals surface area (Å²) >= 11 is 0. The van der Waals surface area contributed by atoms with Gasteiger partial charge in [-0.3, -0.25) is 0 Å². The topological polar surface area (TPSA) is 0 Å². The lowest BCUT2D eigenvalue weighted by atomic mass is 9.49.